The number of ether oxygens (including phenoxy) is 1. The molecule has 0 unspecified atom stereocenters. The SMILES string of the molecule is COc1ccccc1NCCO[Si](C)(C)C(C)(C)C. The van der Waals surface area contributed by atoms with E-state index in [0.29, 0.717) is 0 Å². The lowest BCUT2D eigenvalue weighted by Gasteiger charge is -2.36. The molecule has 0 bridgehead atoms. The molecule has 0 saturated heterocycles. The maximum Gasteiger partial charge on any atom is 0.192 e. The Bertz CT molecular complexity index is 399. The molecule has 0 atom stereocenters. The van der Waals surface area contributed by atoms with Crippen LogP contribution in [0.1, 0.15) is 20.8 Å². The Hall–Kier alpha value is -1.00. The highest BCUT2D eigenvalue weighted by atomic mass is 28.4. The number of anilines is 1. The minimum absolute atomic E-state index is 0.261. The summed E-state index contributed by atoms with van der Waals surface area (Å²) in [7, 11) is 0.0509. The molecule has 0 saturated carbocycles. The highest BCUT2D eigenvalue weighted by Gasteiger charge is 2.36. The largest absolute Gasteiger partial charge is 0.495 e. The molecule has 0 aliphatic carbocycles. The summed E-state index contributed by atoms with van der Waals surface area (Å²) in [6.07, 6.45) is 0. The molecule has 108 valence electrons. The molecule has 1 aromatic carbocycles. The smallest absolute Gasteiger partial charge is 0.192 e. The molecule has 0 aliphatic rings. The van der Waals surface area contributed by atoms with Gasteiger partial charge in [0.15, 0.2) is 8.32 Å². The summed E-state index contributed by atoms with van der Waals surface area (Å²) in [5.41, 5.74) is 1.02. The van der Waals surface area contributed by atoms with Gasteiger partial charge >= 0.3 is 0 Å². The second kappa shape index (κ2) is 6.44. The van der Waals surface area contributed by atoms with Crippen LogP contribution in [0, 0.1) is 0 Å². The molecule has 1 aromatic rings. The fourth-order valence-electron chi connectivity index (χ4n) is 1.50. The summed E-state index contributed by atoms with van der Waals surface area (Å²) in [5.74, 6) is 0.870. The highest BCUT2D eigenvalue weighted by Crippen LogP contribution is 2.36. The van der Waals surface area contributed by atoms with Crippen LogP contribution in [-0.2, 0) is 4.43 Å². The monoisotopic (exact) mass is 281 g/mol. The number of nitrogens with one attached hydrogen (secondary N) is 1. The van der Waals surface area contributed by atoms with Crippen molar-refractivity contribution < 1.29 is 9.16 Å². The Morgan fingerprint density at radius 2 is 1.79 bits per heavy atom. The highest BCUT2D eigenvalue weighted by molar-refractivity contribution is 6.74. The van der Waals surface area contributed by atoms with Crippen molar-refractivity contribution in [3.05, 3.63) is 24.3 Å². The van der Waals surface area contributed by atoms with Crippen molar-refractivity contribution in [2.24, 2.45) is 0 Å². The zero-order valence-electron chi connectivity index (χ0n) is 13.0. The lowest BCUT2D eigenvalue weighted by Crippen LogP contribution is -2.41. The lowest BCUT2D eigenvalue weighted by molar-refractivity contribution is 0.301. The molecule has 0 aliphatic heterocycles. The van der Waals surface area contributed by atoms with E-state index >= 15 is 0 Å². The first-order chi connectivity index (χ1) is 8.78. The van der Waals surface area contributed by atoms with Crippen LogP contribution < -0.4 is 10.1 Å². The summed E-state index contributed by atoms with van der Waals surface area (Å²) >= 11 is 0. The van der Waals surface area contributed by atoms with E-state index in [-0.39, 0.29) is 5.04 Å². The van der Waals surface area contributed by atoms with Gasteiger partial charge in [-0.25, -0.2) is 0 Å². The number of rotatable bonds is 6. The average molecular weight is 281 g/mol. The summed E-state index contributed by atoms with van der Waals surface area (Å²) in [4.78, 5) is 0. The second-order valence-corrected chi connectivity index (χ2v) is 11.0. The second-order valence-electron chi connectivity index (χ2n) is 6.24. The summed E-state index contributed by atoms with van der Waals surface area (Å²) in [6, 6.07) is 7.94. The molecule has 0 amide bonds. The van der Waals surface area contributed by atoms with Crippen molar-refractivity contribution in [2.75, 3.05) is 25.6 Å². The van der Waals surface area contributed by atoms with E-state index in [1.54, 1.807) is 7.11 Å². The van der Waals surface area contributed by atoms with Crippen molar-refractivity contribution in [3.8, 4) is 5.75 Å². The predicted octanol–water partition coefficient (Wildman–Crippen LogP) is 4.13. The predicted molar refractivity (Wildman–Crippen MR) is 84.6 cm³/mol. The zero-order chi connectivity index (χ0) is 14.5. The fraction of sp³-hybridized carbons (Fsp3) is 0.600. The Balaban J connectivity index is 2.43. The van der Waals surface area contributed by atoms with Crippen LogP contribution >= 0.6 is 0 Å². The Morgan fingerprint density at radius 1 is 1.16 bits per heavy atom. The molecule has 19 heavy (non-hydrogen) atoms. The van der Waals surface area contributed by atoms with Crippen molar-refractivity contribution in [2.45, 2.75) is 38.9 Å². The maximum absolute atomic E-state index is 6.12. The van der Waals surface area contributed by atoms with Crippen LogP contribution in [-0.4, -0.2) is 28.6 Å². The molecule has 0 spiro atoms. The zero-order valence-corrected chi connectivity index (χ0v) is 14.0. The van der Waals surface area contributed by atoms with E-state index in [1.165, 1.54) is 0 Å². The molecule has 0 radical (unpaired) electrons. The van der Waals surface area contributed by atoms with E-state index in [0.717, 1.165) is 24.6 Å². The molecule has 0 aromatic heterocycles. The van der Waals surface area contributed by atoms with Crippen LogP contribution in [0.4, 0.5) is 5.69 Å². The van der Waals surface area contributed by atoms with E-state index in [1.807, 2.05) is 24.3 Å². The van der Waals surface area contributed by atoms with Crippen LogP contribution in [0.25, 0.3) is 0 Å². The minimum atomic E-state index is -1.64. The molecular formula is C15H27NO2Si. The van der Waals surface area contributed by atoms with E-state index in [9.17, 15) is 0 Å². The summed E-state index contributed by atoms with van der Waals surface area (Å²) in [6.45, 7) is 12.8. The summed E-state index contributed by atoms with van der Waals surface area (Å²) in [5, 5.41) is 3.62. The summed E-state index contributed by atoms with van der Waals surface area (Å²) < 4.78 is 11.4. The minimum Gasteiger partial charge on any atom is -0.495 e. The topological polar surface area (TPSA) is 30.5 Å². The third kappa shape index (κ3) is 4.55. The van der Waals surface area contributed by atoms with Crippen molar-refractivity contribution in [1.82, 2.24) is 0 Å². The van der Waals surface area contributed by atoms with Gasteiger partial charge in [-0.2, -0.15) is 0 Å². The van der Waals surface area contributed by atoms with Crippen molar-refractivity contribution in [1.29, 1.82) is 0 Å². The number of para-hydroxylation sites is 2. The van der Waals surface area contributed by atoms with Gasteiger partial charge < -0.3 is 14.5 Å². The van der Waals surface area contributed by atoms with Gasteiger partial charge in [-0.3, -0.25) is 0 Å². The number of hydrogen-bond acceptors (Lipinski definition) is 3. The Kier molecular flexibility index (Phi) is 5.44. The molecular weight excluding hydrogens is 254 g/mol. The van der Waals surface area contributed by atoms with E-state index in [4.69, 9.17) is 9.16 Å². The first-order valence-corrected chi connectivity index (χ1v) is 9.69. The number of benzene rings is 1. The standard InChI is InChI=1S/C15H27NO2Si/c1-15(2,3)19(5,6)18-12-11-16-13-9-7-8-10-14(13)17-4/h7-10,16H,11-12H2,1-6H3. The fourth-order valence-corrected chi connectivity index (χ4v) is 2.54. The molecule has 4 heteroatoms. The van der Waals surface area contributed by atoms with Crippen LogP contribution in [0.5, 0.6) is 5.75 Å². The van der Waals surface area contributed by atoms with Crippen molar-refractivity contribution >= 4 is 14.0 Å². The van der Waals surface area contributed by atoms with Gasteiger partial charge in [0.05, 0.1) is 19.4 Å². The first kappa shape index (κ1) is 16.1. The van der Waals surface area contributed by atoms with Gasteiger partial charge in [0.25, 0.3) is 0 Å². The van der Waals surface area contributed by atoms with Gasteiger partial charge in [0, 0.05) is 6.54 Å². The van der Waals surface area contributed by atoms with Gasteiger partial charge in [-0.05, 0) is 30.3 Å². The van der Waals surface area contributed by atoms with Crippen LogP contribution in [0.2, 0.25) is 18.1 Å². The van der Waals surface area contributed by atoms with E-state index < -0.39 is 8.32 Å². The maximum atomic E-state index is 6.12. The van der Waals surface area contributed by atoms with Gasteiger partial charge in [0.1, 0.15) is 5.75 Å². The molecule has 0 heterocycles. The van der Waals surface area contributed by atoms with Gasteiger partial charge in [-0.1, -0.05) is 32.9 Å². The average Bonchev–Trinajstić information content (AvgIpc) is 2.33. The van der Waals surface area contributed by atoms with Crippen LogP contribution in [0.15, 0.2) is 24.3 Å². The van der Waals surface area contributed by atoms with Gasteiger partial charge in [-0.15, -0.1) is 0 Å². The molecule has 3 nitrogen and oxygen atoms in total. The first-order valence-electron chi connectivity index (χ1n) is 6.79. The Labute approximate surface area is 118 Å². The third-order valence-corrected chi connectivity index (χ3v) is 8.33. The van der Waals surface area contributed by atoms with E-state index in [2.05, 4.69) is 39.2 Å². The number of methoxy groups -OCH3 is 1. The quantitative estimate of drug-likeness (QED) is 0.628. The normalized spacial score (nSPS) is 12.3. The molecule has 1 N–H and O–H groups in total. The Morgan fingerprint density at radius 3 is 2.37 bits per heavy atom. The molecule has 0 fully saturated rings. The van der Waals surface area contributed by atoms with Crippen molar-refractivity contribution in [3.63, 3.8) is 0 Å². The number of hydrogen-bond donors (Lipinski definition) is 1. The van der Waals surface area contributed by atoms with Gasteiger partial charge in [0.2, 0.25) is 0 Å². The third-order valence-electron chi connectivity index (χ3n) is 3.79. The molecule has 1 rings (SSSR count). The lowest BCUT2D eigenvalue weighted by atomic mass is 10.2. The van der Waals surface area contributed by atoms with Crippen LogP contribution in [0.3, 0.4) is 0 Å².